The van der Waals surface area contributed by atoms with E-state index in [9.17, 15) is 17.2 Å². The van der Waals surface area contributed by atoms with Crippen molar-refractivity contribution in [2.24, 2.45) is 0 Å². The molecule has 0 aromatic heterocycles. The van der Waals surface area contributed by atoms with Crippen LogP contribution in [0.1, 0.15) is 16.5 Å². The van der Waals surface area contributed by atoms with E-state index in [4.69, 9.17) is 6.57 Å². The van der Waals surface area contributed by atoms with Crippen LogP contribution in [0.5, 0.6) is 0 Å². The van der Waals surface area contributed by atoms with Crippen LogP contribution in [0.2, 0.25) is 0 Å². The van der Waals surface area contributed by atoms with Crippen LogP contribution in [0, 0.1) is 25.1 Å². The van der Waals surface area contributed by atoms with Gasteiger partial charge in [0.1, 0.15) is 17.2 Å². The lowest BCUT2D eigenvalue weighted by Gasteiger charge is -2.07. The summed E-state index contributed by atoms with van der Waals surface area (Å²) in [4.78, 5) is 3.08. The molecule has 2 rings (SSSR count). The van der Waals surface area contributed by atoms with Crippen LogP contribution in [-0.2, 0) is 9.84 Å². The van der Waals surface area contributed by atoms with E-state index in [1.165, 1.54) is 12.1 Å². The maximum atomic E-state index is 13.8. The van der Waals surface area contributed by atoms with Crippen molar-refractivity contribution in [2.45, 2.75) is 17.2 Å². The van der Waals surface area contributed by atoms with Gasteiger partial charge in [0.25, 0.3) is 16.4 Å². The Kier molecular flexibility index (Phi) is 4.05. The molecule has 0 unspecified atom stereocenters. The third kappa shape index (κ3) is 2.78. The number of aryl methyl sites for hydroxylation is 1. The molecule has 2 aromatic carbocycles. The van der Waals surface area contributed by atoms with Crippen molar-refractivity contribution in [3.05, 3.63) is 70.1 Å². The highest BCUT2D eigenvalue weighted by Crippen LogP contribution is 2.33. The average Bonchev–Trinajstić information content (AvgIpc) is 2.43. The second-order valence-corrected chi connectivity index (χ2v) is 6.50. The molecule has 0 saturated carbocycles. The van der Waals surface area contributed by atoms with E-state index >= 15 is 0 Å². The van der Waals surface area contributed by atoms with Gasteiger partial charge in [0.2, 0.25) is 0 Å². The van der Waals surface area contributed by atoms with E-state index in [1.54, 1.807) is 19.1 Å². The van der Waals surface area contributed by atoms with Crippen LogP contribution < -0.4 is 0 Å². The maximum Gasteiger partial charge on any atom is 0.403 e. The van der Waals surface area contributed by atoms with Crippen molar-refractivity contribution in [3.8, 4) is 6.57 Å². The minimum atomic E-state index is -4.14. The smallest absolute Gasteiger partial charge is 0.215 e. The zero-order chi connectivity index (χ0) is 15.6. The fourth-order valence-electron chi connectivity index (χ4n) is 1.91. The molecule has 2 aromatic rings. The Bertz CT molecular complexity index is 788. The predicted molar refractivity (Wildman–Crippen MR) is 75.8 cm³/mol. The lowest BCUT2D eigenvalue weighted by Crippen LogP contribution is -2.14. The molecular weight excluding hydrogens is 296 g/mol. The highest BCUT2D eigenvalue weighted by Gasteiger charge is 2.41. The van der Waals surface area contributed by atoms with Crippen molar-refractivity contribution < 1.29 is 17.2 Å². The van der Waals surface area contributed by atoms with Gasteiger partial charge in [-0.3, -0.25) is 0 Å². The van der Waals surface area contributed by atoms with Crippen molar-refractivity contribution in [1.29, 1.82) is 0 Å². The summed E-state index contributed by atoms with van der Waals surface area (Å²) in [6, 6.07) is 8.92. The molecule has 0 aliphatic carbocycles. The first kappa shape index (κ1) is 15.1. The Morgan fingerprint density at radius 1 is 1.05 bits per heavy atom. The molecule has 0 bridgehead atoms. The molecule has 108 valence electrons. The van der Waals surface area contributed by atoms with Crippen molar-refractivity contribution in [1.82, 2.24) is 0 Å². The molecule has 0 aliphatic heterocycles. The number of sulfone groups is 1. The molecule has 0 heterocycles. The van der Waals surface area contributed by atoms with Gasteiger partial charge in [-0.25, -0.2) is 17.2 Å². The van der Waals surface area contributed by atoms with Crippen molar-refractivity contribution in [2.75, 3.05) is 0 Å². The standard InChI is InChI=1S/C15H12F2NO2S/c1-10-6-8-11(9-7-10)21(19,20)15(18-2)14-12(16)4-3-5-13(14)17/h2-9,15H,1H3/q+1/t15-/m1/s1. The molecule has 0 aliphatic rings. The Balaban J connectivity index is 2.61. The Morgan fingerprint density at radius 2 is 1.57 bits per heavy atom. The summed E-state index contributed by atoms with van der Waals surface area (Å²) in [5.74, 6) is -2.02. The number of halogens is 2. The molecule has 1 atom stereocenters. The zero-order valence-corrected chi connectivity index (χ0v) is 11.9. The van der Waals surface area contributed by atoms with Gasteiger partial charge in [-0.2, -0.15) is 0 Å². The van der Waals surface area contributed by atoms with Crippen LogP contribution >= 0.6 is 0 Å². The van der Waals surface area contributed by atoms with Crippen molar-refractivity contribution >= 4 is 9.84 Å². The molecule has 0 radical (unpaired) electrons. The summed E-state index contributed by atoms with van der Waals surface area (Å²) in [5, 5.41) is -1.83. The van der Waals surface area contributed by atoms with Gasteiger partial charge in [-0.15, -0.1) is 0 Å². The number of benzene rings is 2. The van der Waals surface area contributed by atoms with Gasteiger partial charge >= 0.3 is 5.37 Å². The monoisotopic (exact) mass is 308 g/mol. The Labute approximate surface area is 121 Å². The Hall–Kier alpha value is -2.26. The third-order valence-electron chi connectivity index (χ3n) is 3.03. The van der Waals surface area contributed by atoms with Crippen LogP contribution in [0.4, 0.5) is 8.78 Å². The van der Waals surface area contributed by atoms with Crippen LogP contribution in [0.3, 0.4) is 0 Å². The molecule has 0 amide bonds. The number of nitrogens with zero attached hydrogens (tertiary/aromatic N) is 1. The highest BCUT2D eigenvalue weighted by molar-refractivity contribution is 7.91. The quantitative estimate of drug-likeness (QED) is 0.867. The SMILES string of the molecule is C#[N+][C@@H](c1c(F)cccc1F)S(=O)(=O)c1ccc(C)cc1. The summed E-state index contributed by atoms with van der Waals surface area (Å²) < 4.78 is 52.5. The third-order valence-corrected chi connectivity index (χ3v) is 4.90. The summed E-state index contributed by atoms with van der Waals surface area (Å²) in [6.45, 7) is 6.90. The molecule has 21 heavy (non-hydrogen) atoms. The molecule has 0 spiro atoms. The maximum absolute atomic E-state index is 13.8. The van der Waals surface area contributed by atoms with E-state index in [-0.39, 0.29) is 4.90 Å². The second kappa shape index (κ2) is 5.62. The van der Waals surface area contributed by atoms with Crippen LogP contribution in [-0.4, -0.2) is 8.42 Å². The van der Waals surface area contributed by atoms with Gasteiger partial charge in [0.15, 0.2) is 0 Å². The zero-order valence-electron chi connectivity index (χ0n) is 11.1. The normalized spacial score (nSPS) is 12.7. The van der Waals surface area contributed by atoms with Gasteiger partial charge < -0.3 is 0 Å². The highest BCUT2D eigenvalue weighted by atomic mass is 32.2. The van der Waals surface area contributed by atoms with Gasteiger partial charge in [-0.05, 0) is 31.2 Å². The molecule has 3 nitrogen and oxygen atoms in total. The first-order valence-electron chi connectivity index (χ1n) is 6.02. The van der Waals surface area contributed by atoms with E-state index in [0.29, 0.717) is 0 Å². The van der Waals surface area contributed by atoms with E-state index in [1.807, 2.05) is 0 Å². The largest absolute Gasteiger partial charge is 0.403 e. The average molecular weight is 308 g/mol. The van der Waals surface area contributed by atoms with E-state index in [0.717, 1.165) is 23.8 Å². The number of hydrogen-bond donors (Lipinski definition) is 0. The summed E-state index contributed by atoms with van der Waals surface area (Å²) in [7, 11) is -4.14. The minimum absolute atomic E-state index is 0.102. The molecule has 0 N–H and O–H groups in total. The fourth-order valence-corrected chi connectivity index (χ4v) is 3.38. The second-order valence-electron chi connectivity index (χ2n) is 4.49. The summed E-state index contributed by atoms with van der Waals surface area (Å²) in [6.07, 6.45) is 0. The number of hydrogen-bond acceptors (Lipinski definition) is 2. The lowest BCUT2D eigenvalue weighted by atomic mass is 10.2. The van der Waals surface area contributed by atoms with Crippen LogP contribution in [0.25, 0.3) is 4.85 Å². The van der Waals surface area contributed by atoms with Crippen molar-refractivity contribution in [3.63, 3.8) is 0 Å². The molecule has 0 saturated heterocycles. The Morgan fingerprint density at radius 3 is 2.05 bits per heavy atom. The number of rotatable bonds is 3. The molecular formula is C15H12F2NO2S+. The van der Waals surface area contributed by atoms with E-state index in [2.05, 4.69) is 4.85 Å². The molecule has 6 heteroatoms. The minimum Gasteiger partial charge on any atom is -0.215 e. The van der Waals surface area contributed by atoms with Crippen LogP contribution in [0.15, 0.2) is 47.4 Å². The first-order valence-corrected chi connectivity index (χ1v) is 7.57. The van der Waals surface area contributed by atoms with E-state index < -0.39 is 32.4 Å². The summed E-state index contributed by atoms with van der Waals surface area (Å²) >= 11 is 0. The fraction of sp³-hybridized carbons (Fsp3) is 0.133. The topological polar surface area (TPSA) is 38.5 Å². The predicted octanol–water partition coefficient (Wildman–Crippen LogP) is 3.71. The van der Waals surface area contributed by atoms with Gasteiger partial charge in [0, 0.05) is 0 Å². The first-order chi connectivity index (χ1) is 9.87. The summed E-state index contributed by atoms with van der Waals surface area (Å²) in [5.41, 5.74) is 0.174. The van der Waals surface area contributed by atoms with Gasteiger partial charge in [-0.1, -0.05) is 28.6 Å². The van der Waals surface area contributed by atoms with Gasteiger partial charge in [0.05, 0.1) is 4.90 Å². The molecule has 0 fully saturated rings. The lowest BCUT2D eigenvalue weighted by molar-refractivity contribution is 0.547.